The third-order valence-corrected chi connectivity index (χ3v) is 2.92. The molecule has 2 rings (SSSR count). The Labute approximate surface area is 112 Å². The Hall–Kier alpha value is -2.17. The van der Waals surface area contributed by atoms with E-state index in [9.17, 15) is 4.39 Å². The van der Waals surface area contributed by atoms with E-state index in [4.69, 9.17) is 0 Å². The molecule has 2 aromatic rings. The second kappa shape index (κ2) is 5.65. The van der Waals surface area contributed by atoms with Crippen molar-refractivity contribution in [3.8, 4) is 0 Å². The topological polar surface area (TPSA) is 49.8 Å². The number of hydrogen-bond acceptors (Lipinski definition) is 4. The van der Waals surface area contributed by atoms with E-state index in [2.05, 4.69) is 20.6 Å². The maximum absolute atomic E-state index is 13.7. The Bertz CT molecular complexity index is 571. The molecule has 0 saturated heterocycles. The van der Waals surface area contributed by atoms with Crippen molar-refractivity contribution in [3.05, 3.63) is 47.4 Å². The number of anilines is 2. The predicted octanol–water partition coefficient (Wildman–Crippen LogP) is 3.14. The molecule has 1 aromatic carbocycles. The maximum atomic E-state index is 13.7. The summed E-state index contributed by atoms with van der Waals surface area (Å²) >= 11 is 0. The molecule has 1 aromatic heterocycles. The summed E-state index contributed by atoms with van der Waals surface area (Å²) in [4.78, 5) is 8.45. The Morgan fingerprint density at radius 3 is 2.68 bits per heavy atom. The van der Waals surface area contributed by atoms with Gasteiger partial charge < -0.3 is 10.6 Å². The van der Waals surface area contributed by atoms with E-state index in [0.29, 0.717) is 17.3 Å². The highest BCUT2D eigenvalue weighted by molar-refractivity contribution is 5.48. The van der Waals surface area contributed by atoms with Gasteiger partial charge in [-0.2, -0.15) is 4.98 Å². The smallest absolute Gasteiger partial charge is 0.224 e. The van der Waals surface area contributed by atoms with E-state index < -0.39 is 0 Å². The Morgan fingerprint density at radius 1 is 1.26 bits per heavy atom. The van der Waals surface area contributed by atoms with Crippen molar-refractivity contribution >= 4 is 11.8 Å². The number of nitrogens with one attached hydrogen (secondary N) is 2. The molecule has 0 bridgehead atoms. The van der Waals surface area contributed by atoms with Crippen molar-refractivity contribution < 1.29 is 4.39 Å². The van der Waals surface area contributed by atoms with Crippen molar-refractivity contribution in [2.45, 2.75) is 19.9 Å². The fraction of sp³-hybridized carbons (Fsp3) is 0.286. The minimum Gasteiger partial charge on any atom is -0.363 e. The molecule has 1 heterocycles. The SMILES string of the molecule is CNc1ncc(C)c(NC(C)c2ccccc2F)n1. The van der Waals surface area contributed by atoms with Crippen LogP contribution in [0.4, 0.5) is 16.2 Å². The number of aryl methyl sites for hydroxylation is 1. The number of hydrogen-bond donors (Lipinski definition) is 2. The summed E-state index contributed by atoms with van der Waals surface area (Å²) in [6, 6.07) is 6.56. The molecule has 4 nitrogen and oxygen atoms in total. The van der Waals surface area contributed by atoms with Gasteiger partial charge in [-0.1, -0.05) is 18.2 Å². The molecule has 0 amide bonds. The third kappa shape index (κ3) is 2.99. The highest BCUT2D eigenvalue weighted by Gasteiger charge is 2.12. The molecule has 2 N–H and O–H groups in total. The molecular formula is C14H17FN4. The van der Waals surface area contributed by atoms with Crippen molar-refractivity contribution in [1.29, 1.82) is 0 Å². The lowest BCUT2D eigenvalue weighted by atomic mass is 10.1. The number of rotatable bonds is 4. The molecular weight excluding hydrogens is 243 g/mol. The van der Waals surface area contributed by atoms with Gasteiger partial charge in [-0.25, -0.2) is 9.37 Å². The minimum absolute atomic E-state index is 0.167. The second-order valence-electron chi connectivity index (χ2n) is 4.36. The number of benzene rings is 1. The van der Waals surface area contributed by atoms with Gasteiger partial charge in [0.15, 0.2) is 0 Å². The van der Waals surface area contributed by atoms with Gasteiger partial charge in [0.05, 0.1) is 6.04 Å². The van der Waals surface area contributed by atoms with Crippen LogP contribution in [-0.4, -0.2) is 17.0 Å². The highest BCUT2D eigenvalue weighted by atomic mass is 19.1. The molecule has 1 atom stereocenters. The lowest BCUT2D eigenvalue weighted by Crippen LogP contribution is -2.12. The highest BCUT2D eigenvalue weighted by Crippen LogP contribution is 2.22. The van der Waals surface area contributed by atoms with E-state index in [0.717, 1.165) is 5.56 Å². The van der Waals surface area contributed by atoms with Gasteiger partial charge in [0.1, 0.15) is 11.6 Å². The second-order valence-corrected chi connectivity index (χ2v) is 4.36. The normalized spacial score (nSPS) is 12.0. The van der Waals surface area contributed by atoms with Crippen LogP contribution in [0.1, 0.15) is 24.1 Å². The van der Waals surface area contributed by atoms with Gasteiger partial charge in [-0.15, -0.1) is 0 Å². The van der Waals surface area contributed by atoms with E-state index in [1.54, 1.807) is 25.4 Å². The molecule has 0 radical (unpaired) electrons. The van der Waals surface area contributed by atoms with Crippen LogP contribution in [0.3, 0.4) is 0 Å². The summed E-state index contributed by atoms with van der Waals surface area (Å²) in [5.41, 5.74) is 1.54. The molecule has 0 fully saturated rings. The zero-order chi connectivity index (χ0) is 13.8. The first kappa shape index (κ1) is 13.3. The first-order valence-corrected chi connectivity index (χ1v) is 6.14. The molecule has 19 heavy (non-hydrogen) atoms. The summed E-state index contributed by atoms with van der Waals surface area (Å²) < 4.78 is 13.7. The number of nitrogens with zero attached hydrogens (tertiary/aromatic N) is 2. The van der Waals surface area contributed by atoms with E-state index in [-0.39, 0.29) is 11.9 Å². The van der Waals surface area contributed by atoms with Crippen molar-refractivity contribution in [3.63, 3.8) is 0 Å². The van der Waals surface area contributed by atoms with Gasteiger partial charge in [0.25, 0.3) is 0 Å². The molecule has 0 aliphatic carbocycles. The third-order valence-electron chi connectivity index (χ3n) is 2.92. The standard InChI is InChI=1S/C14H17FN4/c1-9-8-17-14(16-3)19-13(9)18-10(2)11-6-4-5-7-12(11)15/h4-8,10H,1-3H3,(H2,16,17,18,19). The average Bonchev–Trinajstić information content (AvgIpc) is 2.41. The summed E-state index contributed by atoms with van der Waals surface area (Å²) in [6.07, 6.45) is 1.73. The fourth-order valence-corrected chi connectivity index (χ4v) is 1.82. The maximum Gasteiger partial charge on any atom is 0.224 e. The van der Waals surface area contributed by atoms with E-state index >= 15 is 0 Å². The molecule has 0 saturated carbocycles. The predicted molar refractivity (Wildman–Crippen MR) is 74.8 cm³/mol. The van der Waals surface area contributed by atoms with E-state index in [1.807, 2.05) is 19.9 Å². The van der Waals surface area contributed by atoms with Gasteiger partial charge >= 0.3 is 0 Å². The van der Waals surface area contributed by atoms with Crippen molar-refractivity contribution in [2.24, 2.45) is 0 Å². The minimum atomic E-state index is -0.219. The fourth-order valence-electron chi connectivity index (χ4n) is 1.82. The lowest BCUT2D eigenvalue weighted by molar-refractivity contribution is 0.600. The molecule has 1 unspecified atom stereocenters. The Balaban J connectivity index is 2.24. The molecule has 0 spiro atoms. The number of halogens is 1. The van der Waals surface area contributed by atoms with Crippen LogP contribution in [0.2, 0.25) is 0 Å². The molecule has 0 aliphatic heterocycles. The first-order chi connectivity index (χ1) is 9.11. The summed E-state index contributed by atoms with van der Waals surface area (Å²) in [5.74, 6) is 1.02. The van der Waals surface area contributed by atoms with Crippen molar-refractivity contribution in [1.82, 2.24) is 9.97 Å². The monoisotopic (exact) mass is 260 g/mol. The summed E-state index contributed by atoms with van der Waals surface area (Å²) in [7, 11) is 1.76. The zero-order valence-corrected chi connectivity index (χ0v) is 11.2. The zero-order valence-electron chi connectivity index (χ0n) is 11.2. The van der Waals surface area contributed by atoms with Crippen LogP contribution < -0.4 is 10.6 Å². The van der Waals surface area contributed by atoms with Crippen molar-refractivity contribution in [2.75, 3.05) is 17.7 Å². The van der Waals surface area contributed by atoms with Gasteiger partial charge in [0.2, 0.25) is 5.95 Å². The molecule has 100 valence electrons. The average molecular weight is 260 g/mol. The van der Waals surface area contributed by atoms with Gasteiger partial charge in [0, 0.05) is 24.4 Å². The van der Waals surface area contributed by atoms with Gasteiger partial charge in [-0.05, 0) is 19.9 Å². The Morgan fingerprint density at radius 2 is 2.00 bits per heavy atom. The summed E-state index contributed by atoms with van der Waals surface area (Å²) in [6.45, 7) is 3.81. The lowest BCUT2D eigenvalue weighted by Gasteiger charge is -2.17. The van der Waals surface area contributed by atoms with Crippen LogP contribution in [0.15, 0.2) is 30.5 Å². The molecule has 5 heteroatoms. The first-order valence-electron chi connectivity index (χ1n) is 6.14. The van der Waals surface area contributed by atoms with Crippen LogP contribution in [0.25, 0.3) is 0 Å². The Kier molecular flexibility index (Phi) is 3.94. The van der Waals surface area contributed by atoms with Gasteiger partial charge in [-0.3, -0.25) is 0 Å². The van der Waals surface area contributed by atoms with Crippen LogP contribution in [0.5, 0.6) is 0 Å². The quantitative estimate of drug-likeness (QED) is 0.886. The van der Waals surface area contributed by atoms with Crippen LogP contribution in [-0.2, 0) is 0 Å². The van der Waals surface area contributed by atoms with Crippen LogP contribution >= 0.6 is 0 Å². The van der Waals surface area contributed by atoms with E-state index in [1.165, 1.54) is 6.07 Å². The molecule has 0 aliphatic rings. The van der Waals surface area contributed by atoms with Crippen LogP contribution in [0, 0.1) is 12.7 Å². The number of aromatic nitrogens is 2. The summed E-state index contributed by atoms with van der Waals surface area (Å²) in [5, 5.41) is 6.09. The largest absolute Gasteiger partial charge is 0.363 e.